The summed E-state index contributed by atoms with van der Waals surface area (Å²) in [4.78, 5) is 10.4. The van der Waals surface area contributed by atoms with Crippen LogP contribution >= 0.6 is 0 Å². The zero-order valence-electron chi connectivity index (χ0n) is 10.1. The van der Waals surface area contributed by atoms with Crippen LogP contribution in [0.15, 0.2) is 18.2 Å². The predicted octanol–water partition coefficient (Wildman–Crippen LogP) is 3.50. The summed E-state index contributed by atoms with van der Waals surface area (Å²) in [6.07, 6.45) is -11.0. The maximum absolute atomic E-state index is 12.2. The highest BCUT2D eigenvalue weighted by Gasteiger charge is 2.34. The Morgan fingerprint density at radius 1 is 1.05 bits per heavy atom. The summed E-state index contributed by atoms with van der Waals surface area (Å²) in [6.45, 7) is 0. The van der Waals surface area contributed by atoms with Crippen molar-refractivity contribution in [2.75, 3.05) is 0 Å². The lowest BCUT2D eigenvalue weighted by molar-refractivity contribution is -0.276. The predicted molar refractivity (Wildman–Crippen MR) is 55.8 cm³/mol. The Balaban J connectivity index is 3.04. The minimum absolute atomic E-state index is 0.204. The van der Waals surface area contributed by atoms with E-state index in [4.69, 9.17) is 5.11 Å². The van der Waals surface area contributed by atoms with Gasteiger partial charge in [-0.25, -0.2) is 0 Å². The van der Waals surface area contributed by atoms with Crippen molar-refractivity contribution >= 4 is 5.97 Å². The van der Waals surface area contributed by atoms with Crippen LogP contribution in [0.25, 0.3) is 0 Å². The fourth-order valence-corrected chi connectivity index (χ4v) is 1.40. The average molecular weight is 318 g/mol. The molecular weight excluding hydrogens is 310 g/mol. The molecule has 1 N–H and O–H groups in total. The molecule has 0 aromatic heterocycles. The second kappa shape index (κ2) is 6.10. The van der Waals surface area contributed by atoms with Gasteiger partial charge in [-0.3, -0.25) is 4.79 Å². The molecule has 118 valence electrons. The highest BCUT2D eigenvalue weighted by atomic mass is 19.4. The zero-order chi connectivity index (χ0) is 16.3. The Morgan fingerprint density at radius 2 is 1.62 bits per heavy atom. The van der Waals surface area contributed by atoms with Crippen LogP contribution in [0.3, 0.4) is 0 Å². The highest BCUT2D eigenvalue weighted by Crippen LogP contribution is 2.33. The molecule has 21 heavy (non-hydrogen) atoms. The monoisotopic (exact) mass is 318 g/mol. The van der Waals surface area contributed by atoms with Crippen LogP contribution in [0.4, 0.5) is 26.3 Å². The molecule has 0 aliphatic carbocycles. The van der Waals surface area contributed by atoms with E-state index in [1.165, 1.54) is 0 Å². The van der Waals surface area contributed by atoms with Crippen molar-refractivity contribution in [3.8, 4) is 11.5 Å². The summed E-state index contributed by atoms with van der Waals surface area (Å²) in [7, 11) is 0. The second-order valence-electron chi connectivity index (χ2n) is 3.76. The van der Waals surface area contributed by atoms with Gasteiger partial charge in [0.2, 0.25) is 0 Å². The lowest BCUT2D eigenvalue weighted by Gasteiger charge is -2.15. The van der Waals surface area contributed by atoms with Crippen molar-refractivity contribution in [2.45, 2.75) is 25.6 Å². The van der Waals surface area contributed by atoms with E-state index >= 15 is 0 Å². The van der Waals surface area contributed by atoms with Crippen LogP contribution in [-0.4, -0.2) is 23.8 Å². The van der Waals surface area contributed by atoms with Crippen molar-refractivity contribution in [3.63, 3.8) is 0 Å². The van der Waals surface area contributed by atoms with Crippen molar-refractivity contribution < 1.29 is 45.7 Å². The lowest BCUT2D eigenvalue weighted by atomic mass is 10.1. The van der Waals surface area contributed by atoms with Gasteiger partial charge in [0.25, 0.3) is 0 Å². The molecule has 0 spiro atoms. The van der Waals surface area contributed by atoms with Crippen LogP contribution in [0.5, 0.6) is 11.5 Å². The number of ether oxygens (including phenoxy) is 2. The summed E-state index contributed by atoms with van der Waals surface area (Å²) in [6, 6.07) is 2.05. The first kappa shape index (κ1) is 16.9. The first-order chi connectivity index (χ1) is 9.46. The number of benzene rings is 1. The molecule has 0 radical (unpaired) electrons. The minimum atomic E-state index is -5.13. The Bertz CT molecular complexity index is 508. The van der Waals surface area contributed by atoms with Crippen LogP contribution in [0.1, 0.15) is 12.0 Å². The van der Waals surface area contributed by atoms with Crippen molar-refractivity contribution in [1.82, 2.24) is 0 Å². The third-order valence-electron chi connectivity index (χ3n) is 2.11. The molecule has 0 amide bonds. The van der Waals surface area contributed by atoms with Crippen molar-refractivity contribution in [1.29, 1.82) is 0 Å². The topological polar surface area (TPSA) is 55.8 Å². The van der Waals surface area contributed by atoms with Gasteiger partial charge in [-0.15, -0.1) is 26.3 Å². The molecule has 0 unspecified atom stereocenters. The molecule has 0 atom stereocenters. The molecule has 0 saturated carbocycles. The summed E-state index contributed by atoms with van der Waals surface area (Å²) in [5.74, 6) is -3.12. The average Bonchev–Trinajstić information content (AvgIpc) is 2.23. The molecule has 0 fully saturated rings. The van der Waals surface area contributed by atoms with Gasteiger partial charge in [-0.1, -0.05) is 6.07 Å². The van der Waals surface area contributed by atoms with Crippen molar-refractivity contribution in [2.24, 2.45) is 0 Å². The van der Waals surface area contributed by atoms with Gasteiger partial charge in [-0.2, -0.15) is 0 Å². The molecule has 10 heteroatoms. The Labute approximate surface area is 113 Å². The van der Waals surface area contributed by atoms with E-state index in [0.29, 0.717) is 6.07 Å². The van der Waals surface area contributed by atoms with Gasteiger partial charge in [0.05, 0.1) is 0 Å². The largest absolute Gasteiger partial charge is 0.573 e. The molecule has 0 bridgehead atoms. The van der Waals surface area contributed by atoms with Gasteiger partial charge in [-0.05, 0) is 18.1 Å². The van der Waals surface area contributed by atoms with E-state index in [9.17, 15) is 31.1 Å². The van der Waals surface area contributed by atoms with E-state index in [2.05, 4.69) is 9.47 Å². The third-order valence-corrected chi connectivity index (χ3v) is 2.11. The molecule has 1 aromatic carbocycles. The molecule has 0 saturated heterocycles. The number of aliphatic carboxylic acids is 1. The van der Waals surface area contributed by atoms with Gasteiger partial charge < -0.3 is 14.6 Å². The third kappa shape index (κ3) is 6.72. The number of carboxylic acids is 1. The summed E-state index contributed by atoms with van der Waals surface area (Å²) in [5.41, 5.74) is -0.204. The Morgan fingerprint density at radius 3 is 2.10 bits per heavy atom. The molecule has 1 rings (SSSR count). The number of carbonyl (C=O) groups is 1. The number of hydrogen-bond acceptors (Lipinski definition) is 3. The molecule has 1 aromatic rings. The summed E-state index contributed by atoms with van der Waals surface area (Å²) >= 11 is 0. The maximum atomic E-state index is 12.2. The molecule has 0 heterocycles. The number of rotatable bonds is 5. The van der Waals surface area contributed by atoms with Crippen LogP contribution in [-0.2, 0) is 11.2 Å². The van der Waals surface area contributed by atoms with Gasteiger partial charge in [0.15, 0.2) is 0 Å². The fourth-order valence-electron chi connectivity index (χ4n) is 1.40. The van der Waals surface area contributed by atoms with Crippen LogP contribution < -0.4 is 9.47 Å². The Kier molecular flexibility index (Phi) is 4.92. The zero-order valence-corrected chi connectivity index (χ0v) is 10.1. The molecule has 0 aliphatic rings. The molecular formula is C11H8F6O4. The highest BCUT2D eigenvalue weighted by molar-refractivity contribution is 5.67. The van der Waals surface area contributed by atoms with E-state index in [1.54, 1.807) is 0 Å². The first-order valence-electron chi connectivity index (χ1n) is 5.32. The van der Waals surface area contributed by atoms with Crippen LogP contribution in [0, 0.1) is 0 Å². The number of alkyl halides is 6. The number of halogens is 6. The quantitative estimate of drug-likeness (QED) is 0.844. The van der Waals surface area contributed by atoms with Gasteiger partial charge in [0, 0.05) is 12.5 Å². The van der Waals surface area contributed by atoms with Gasteiger partial charge in [0.1, 0.15) is 11.5 Å². The minimum Gasteiger partial charge on any atom is -0.481 e. The maximum Gasteiger partial charge on any atom is 0.573 e. The standard InChI is InChI=1S/C11H8F6O4/c12-10(13,14)20-7-3-1-6(2-4-9(18)19)8(5-7)21-11(15,16)17/h1,3,5H,2,4H2,(H,18,19). The van der Waals surface area contributed by atoms with Gasteiger partial charge >= 0.3 is 18.7 Å². The van der Waals surface area contributed by atoms with Crippen LogP contribution in [0.2, 0.25) is 0 Å². The normalized spacial score (nSPS) is 12.1. The molecule has 0 aliphatic heterocycles. The number of aryl methyl sites for hydroxylation is 1. The van der Waals surface area contributed by atoms with E-state index in [0.717, 1.165) is 12.1 Å². The number of hydrogen-bond donors (Lipinski definition) is 1. The van der Waals surface area contributed by atoms with Crippen molar-refractivity contribution in [3.05, 3.63) is 23.8 Å². The molecule has 4 nitrogen and oxygen atoms in total. The first-order valence-corrected chi connectivity index (χ1v) is 5.32. The lowest BCUT2D eigenvalue weighted by Crippen LogP contribution is -2.20. The van der Waals surface area contributed by atoms with E-state index in [-0.39, 0.29) is 12.0 Å². The van der Waals surface area contributed by atoms with E-state index < -0.39 is 36.6 Å². The second-order valence-corrected chi connectivity index (χ2v) is 3.76. The Hall–Kier alpha value is -2.13. The SMILES string of the molecule is O=C(O)CCc1ccc(OC(F)(F)F)cc1OC(F)(F)F. The summed E-state index contributed by atoms with van der Waals surface area (Å²) < 4.78 is 79.6. The number of carboxylic acid groups (broad SMARTS) is 1. The smallest absolute Gasteiger partial charge is 0.481 e. The summed E-state index contributed by atoms with van der Waals surface area (Å²) in [5, 5.41) is 8.47. The van der Waals surface area contributed by atoms with E-state index in [1.807, 2.05) is 0 Å². The fraction of sp³-hybridized carbons (Fsp3) is 0.364.